The van der Waals surface area contributed by atoms with Crippen molar-refractivity contribution >= 4 is 27.2 Å². The molecule has 5 rings (SSSR count). The van der Waals surface area contributed by atoms with E-state index in [4.69, 9.17) is 18.2 Å². The SMILES string of the molecule is Cc1cn([C@H]2C[C@H](OP3OC[C@H](C(C)C)N3C)[C@@H](CO[Si](c3ccccc3)(c3ccccc3)C(C)(C)C)O2)c(=O)[nH]c1=O. The van der Waals surface area contributed by atoms with E-state index in [-0.39, 0.29) is 23.8 Å². The third kappa shape index (κ3) is 6.38. The Labute approximate surface area is 256 Å². The summed E-state index contributed by atoms with van der Waals surface area (Å²) in [5, 5.41) is 2.15. The van der Waals surface area contributed by atoms with Crippen LogP contribution < -0.4 is 21.6 Å². The number of aromatic nitrogens is 2. The summed E-state index contributed by atoms with van der Waals surface area (Å²) in [5.41, 5.74) is -0.466. The van der Waals surface area contributed by atoms with E-state index < -0.39 is 40.4 Å². The molecule has 3 aromatic rings. The zero-order valence-electron chi connectivity index (χ0n) is 26.2. The Bertz CT molecular complexity index is 1450. The van der Waals surface area contributed by atoms with Crippen LogP contribution in [0.2, 0.25) is 5.04 Å². The monoisotopic (exact) mass is 625 g/mol. The first kappa shape index (κ1) is 32.0. The third-order valence-electron chi connectivity index (χ3n) is 8.61. The summed E-state index contributed by atoms with van der Waals surface area (Å²) in [6, 6.07) is 21.2. The van der Waals surface area contributed by atoms with Gasteiger partial charge < -0.3 is 18.2 Å². The molecule has 5 atom stereocenters. The molecule has 1 unspecified atom stereocenters. The van der Waals surface area contributed by atoms with Gasteiger partial charge in [-0.1, -0.05) is 95.3 Å². The molecular formula is C32H44N3O6PSi. The number of ether oxygens (including phenoxy) is 1. The van der Waals surface area contributed by atoms with Gasteiger partial charge in [0.15, 0.2) is 0 Å². The minimum absolute atomic E-state index is 0.208. The van der Waals surface area contributed by atoms with E-state index in [0.29, 0.717) is 24.5 Å². The van der Waals surface area contributed by atoms with Crippen molar-refractivity contribution < 1.29 is 18.2 Å². The lowest BCUT2D eigenvalue weighted by Crippen LogP contribution is -2.67. The predicted octanol–water partition coefficient (Wildman–Crippen LogP) is 4.31. The molecule has 0 amide bonds. The molecule has 2 saturated heterocycles. The summed E-state index contributed by atoms with van der Waals surface area (Å²) in [5.74, 6) is 0.422. The van der Waals surface area contributed by atoms with E-state index in [9.17, 15) is 9.59 Å². The lowest BCUT2D eigenvalue weighted by atomic mass is 10.1. The number of aromatic amines is 1. The second-order valence-corrected chi connectivity index (χ2v) is 18.8. The molecule has 2 aliphatic heterocycles. The topological polar surface area (TPSA) is 95.0 Å². The van der Waals surface area contributed by atoms with Gasteiger partial charge in [-0.3, -0.25) is 14.3 Å². The quantitative estimate of drug-likeness (QED) is 0.280. The van der Waals surface area contributed by atoms with Crippen LogP contribution in [0.3, 0.4) is 0 Å². The fourth-order valence-corrected chi connectivity index (χ4v) is 12.5. The summed E-state index contributed by atoms with van der Waals surface area (Å²) >= 11 is 0. The highest BCUT2D eigenvalue weighted by Gasteiger charge is 2.52. The Morgan fingerprint density at radius 3 is 2.19 bits per heavy atom. The number of H-pyrrole nitrogens is 1. The first-order chi connectivity index (χ1) is 20.4. The highest BCUT2D eigenvalue weighted by molar-refractivity contribution is 7.44. The highest BCUT2D eigenvalue weighted by atomic mass is 31.2. The first-order valence-corrected chi connectivity index (χ1v) is 18.0. The van der Waals surface area contributed by atoms with E-state index in [1.165, 1.54) is 14.9 Å². The van der Waals surface area contributed by atoms with Gasteiger partial charge in [0.1, 0.15) is 12.3 Å². The number of hydrogen-bond acceptors (Lipinski definition) is 7. The van der Waals surface area contributed by atoms with E-state index in [1.807, 2.05) is 19.2 Å². The zero-order chi connectivity index (χ0) is 30.9. The van der Waals surface area contributed by atoms with Crippen molar-refractivity contribution in [2.45, 2.75) is 77.5 Å². The molecule has 0 spiro atoms. The molecular weight excluding hydrogens is 581 g/mol. The number of aryl methyl sites for hydroxylation is 1. The molecule has 3 heterocycles. The molecule has 2 aliphatic rings. The molecule has 2 fully saturated rings. The molecule has 0 saturated carbocycles. The van der Waals surface area contributed by atoms with E-state index in [0.717, 1.165) is 0 Å². The minimum Gasteiger partial charge on any atom is -0.405 e. The largest absolute Gasteiger partial charge is 0.405 e. The molecule has 9 nitrogen and oxygen atoms in total. The van der Waals surface area contributed by atoms with Crippen molar-refractivity contribution in [2.75, 3.05) is 20.3 Å². The van der Waals surface area contributed by atoms with Crippen molar-refractivity contribution in [3.05, 3.63) is 93.3 Å². The molecule has 0 radical (unpaired) electrons. The fourth-order valence-electron chi connectivity index (χ4n) is 6.21. The van der Waals surface area contributed by atoms with Crippen molar-refractivity contribution in [3.8, 4) is 0 Å². The third-order valence-corrected chi connectivity index (χ3v) is 15.2. The lowest BCUT2D eigenvalue weighted by Gasteiger charge is -2.43. The van der Waals surface area contributed by atoms with Crippen LogP contribution in [0.1, 0.15) is 52.8 Å². The summed E-state index contributed by atoms with van der Waals surface area (Å²) in [6.45, 7) is 13.6. The summed E-state index contributed by atoms with van der Waals surface area (Å²) in [6.07, 6.45) is 0.504. The van der Waals surface area contributed by atoms with E-state index in [1.54, 1.807) is 13.1 Å². The average Bonchev–Trinajstić information content (AvgIpc) is 3.54. The molecule has 11 heteroatoms. The Hall–Kier alpha value is -2.43. The molecule has 2 aromatic carbocycles. The number of benzene rings is 2. The number of nitrogens with one attached hydrogen (secondary N) is 1. The number of rotatable bonds is 9. The van der Waals surface area contributed by atoms with Crippen molar-refractivity contribution in [2.24, 2.45) is 5.92 Å². The van der Waals surface area contributed by atoms with E-state index in [2.05, 4.69) is 92.8 Å². The van der Waals surface area contributed by atoms with Crippen molar-refractivity contribution in [1.82, 2.24) is 14.2 Å². The second-order valence-electron chi connectivity index (χ2n) is 12.9. The second kappa shape index (κ2) is 12.9. The van der Waals surface area contributed by atoms with Crippen LogP contribution in [-0.2, 0) is 18.2 Å². The number of nitrogens with zero attached hydrogens (tertiary/aromatic N) is 2. The van der Waals surface area contributed by atoms with Crippen LogP contribution in [-0.4, -0.2) is 61.1 Å². The highest BCUT2D eigenvalue weighted by Crippen LogP contribution is 2.52. The number of hydrogen-bond donors (Lipinski definition) is 1. The predicted molar refractivity (Wildman–Crippen MR) is 172 cm³/mol. The van der Waals surface area contributed by atoms with Gasteiger partial charge in [0, 0.05) is 24.2 Å². The van der Waals surface area contributed by atoms with Crippen LogP contribution in [0.15, 0.2) is 76.4 Å². The minimum atomic E-state index is -2.85. The van der Waals surface area contributed by atoms with Crippen LogP contribution in [0, 0.1) is 12.8 Å². The molecule has 232 valence electrons. The Morgan fingerprint density at radius 2 is 1.65 bits per heavy atom. The fraction of sp³-hybridized carbons (Fsp3) is 0.500. The van der Waals surface area contributed by atoms with Gasteiger partial charge >= 0.3 is 5.69 Å². The van der Waals surface area contributed by atoms with Gasteiger partial charge in [0.25, 0.3) is 22.4 Å². The van der Waals surface area contributed by atoms with Crippen LogP contribution in [0.4, 0.5) is 0 Å². The van der Waals surface area contributed by atoms with Gasteiger partial charge in [-0.15, -0.1) is 0 Å². The van der Waals surface area contributed by atoms with Crippen LogP contribution in [0.25, 0.3) is 0 Å². The number of likely N-dealkylation sites (N-methyl/N-ethyl adjacent to an activating group) is 1. The summed E-state index contributed by atoms with van der Waals surface area (Å²) in [7, 11) is -2.11. The normalized spacial score (nSPS) is 25.1. The van der Waals surface area contributed by atoms with Gasteiger partial charge in [0.05, 0.1) is 19.3 Å². The van der Waals surface area contributed by atoms with Crippen molar-refractivity contribution in [3.63, 3.8) is 0 Å². The maximum atomic E-state index is 12.9. The molecule has 1 aromatic heterocycles. The lowest BCUT2D eigenvalue weighted by molar-refractivity contribution is -0.0394. The van der Waals surface area contributed by atoms with Gasteiger partial charge in [-0.25, -0.2) is 9.46 Å². The van der Waals surface area contributed by atoms with Gasteiger partial charge in [-0.05, 0) is 35.3 Å². The zero-order valence-corrected chi connectivity index (χ0v) is 28.0. The molecule has 43 heavy (non-hydrogen) atoms. The van der Waals surface area contributed by atoms with Gasteiger partial charge in [0.2, 0.25) is 0 Å². The standard InChI is InChI=1S/C32H44N3O6PSi/c1-22(2)26-20-38-42(34(26)7)41-27-18-29(35-19-23(3)30(36)33-31(35)37)40-28(27)21-39-43(32(4,5)6,24-14-10-8-11-15-24)25-16-12-9-13-17-25/h8-17,19,22,26-29H,18,20-21H2,1-7H3,(H,33,36,37)/t26-,27+,28-,29-,42?/m1/s1. The van der Waals surface area contributed by atoms with Crippen LogP contribution in [0.5, 0.6) is 0 Å². The first-order valence-electron chi connectivity index (χ1n) is 15.0. The average molecular weight is 626 g/mol. The Kier molecular flexibility index (Phi) is 9.59. The van der Waals surface area contributed by atoms with Crippen LogP contribution >= 0.6 is 8.53 Å². The van der Waals surface area contributed by atoms with E-state index >= 15 is 0 Å². The molecule has 0 aliphatic carbocycles. The Balaban J connectivity index is 1.49. The summed E-state index contributed by atoms with van der Waals surface area (Å²) in [4.78, 5) is 27.4. The van der Waals surface area contributed by atoms with Crippen molar-refractivity contribution in [1.29, 1.82) is 0 Å². The molecule has 0 bridgehead atoms. The maximum absolute atomic E-state index is 12.9. The van der Waals surface area contributed by atoms with Gasteiger partial charge in [-0.2, -0.15) is 0 Å². The maximum Gasteiger partial charge on any atom is 0.330 e. The smallest absolute Gasteiger partial charge is 0.330 e. The summed E-state index contributed by atoms with van der Waals surface area (Å²) < 4.78 is 30.3. The molecule has 1 N–H and O–H groups in total. The Morgan fingerprint density at radius 1 is 1.05 bits per heavy atom.